The fourth-order valence-corrected chi connectivity index (χ4v) is 13.2. The molecule has 2 saturated heterocycles. The number of carbonyl (C=O) groups excluding carboxylic acids is 1. The van der Waals surface area contributed by atoms with E-state index in [4.69, 9.17) is 18.9 Å². The molecule has 0 amide bonds. The smallest absolute Gasteiger partial charge is 0.315 e. The van der Waals surface area contributed by atoms with Crippen molar-refractivity contribution in [3.8, 4) is 0 Å². The van der Waals surface area contributed by atoms with Crippen molar-refractivity contribution < 1.29 is 64.6 Å². The van der Waals surface area contributed by atoms with Crippen LogP contribution in [0.2, 0.25) is 0 Å². The maximum Gasteiger partial charge on any atom is 0.315 e. The van der Waals surface area contributed by atoms with Crippen molar-refractivity contribution in [1.82, 2.24) is 0 Å². The summed E-state index contributed by atoms with van der Waals surface area (Å²) in [5, 5.41) is 84.7. The van der Waals surface area contributed by atoms with Gasteiger partial charge in [-0.05, 0) is 104 Å². The molecule has 0 aromatic heterocycles. The van der Waals surface area contributed by atoms with Gasteiger partial charge in [0.1, 0.15) is 30.0 Å². The highest BCUT2D eigenvalue weighted by Gasteiger charge is 2.70. The molecule has 7 rings (SSSR count). The van der Waals surface area contributed by atoms with E-state index >= 15 is 0 Å². The minimum atomic E-state index is -2.02. The van der Waals surface area contributed by atoms with Gasteiger partial charge in [0.2, 0.25) is 6.29 Å². The Morgan fingerprint density at radius 1 is 0.852 bits per heavy atom. The summed E-state index contributed by atoms with van der Waals surface area (Å²) in [6.07, 6.45) is -1.40. The Kier molecular flexibility index (Phi) is 10.4. The lowest BCUT2D eigenvalue weighted by Gasteiger charge is -2.71. The number of rotatable bonds is 7. The minimum absolute atomic E-state index is 0.0389. The van der Waals surface area contributed by atoms with Gasteiger partial charge in [0.05, 0.1) is 37.9 Å². The van der Waals surface area contributed by atoms with Crippen molar-refractivity contribution in [3.05, 3.63) is 11.6 Å². The van der Waals surface area contributed by atoms with Crippen molar-refractivity contribution in [2.75, 3.05) is 26.4 Å². The molecule has 54 heavy (non-hydrogen) atoms. The number of fused-ring (bicyclic) bond motifs is 7. The van der Waals surface area contributed by atoms with Gasteiger partial charge in [0.15, 0.2) is 12.4 Å². The molecule has 5 aliphatic carbocycles. The molecule has 4 saturated carbocycles. The van der Waals surface area contributed by atoms with Crippen LogP contribution in [0.5, 0.6) is 0 Å². The number of aliphatic hydroxyl groups is 8. The summed E-state index contributed by atoms with van der Waals surface area (Å²) in [6, 6.07) is 0. The van der Waals surface area contributed by atoms with E-state index in [2.05, 4.69) is 47.6 Å². The Morgan fingerprint density at radius 2 is 1.56 bits per heavy atom. The third-order valence-electron chi connectivity index (χ3n) is 17.1. The van der Waals surface area contributed by atoms with E-state index in [9.17, 15) is 45.6 Å². The zero-order chi connectivity index (χ0) is 39.4. The van der Waals surface area contributed by atoms with E-state index in [-0.39, 0.29) is 40.1 Å². The van der Waals surface area contributed by atoms with Crippen molar-refractivity contribution in [2.24, 2.45) is 50.2 Å². The zero-order valence-corrected chi connectivity index (χ0v) is 32.9. The highest BCUT2D eigenvalue weighted by molar-refractivity contribution is 5.79. The van der Waals surface area contributed by atoms with Gasteiger partial charge in [-0.1, -0.05) is 53.2 Å². The van der Waals surface area contributed by atoms with Gasteiger partial charge in [-0.15, -0.1) is 0 Å². The SMILES string of the molecule is CC1(C)CCC2(C(=O)OC3OC(CO)C(O)C(O)C3OC3OCC(O)(CO)C3O)CCC3(C)C(=CCC4C5(C)CCC(O)C(C)(CO)C5CCC43C)C2C1. The second-order valence-corrected chi connectivity index (χ2v) is 20.2. The number of carbonyl (C=O) groups is 1. The van der Waals surface area contributed by atoms with Crippen LogP contribution in [0.25, 0.3) is 0 Å². The lowest BCUT2D eigenvalue weighted by Crippen LogP contribution is -2.66. The highest BCUT2D eigenvalue weighted by Crippen LogP contribution is 2.76. The van der Waals surface area contributed by atoms with Gasteiger partial charge >= 0.3 is 5.97 Å². The topological polar surface area (TPSA) is 216 Å². The quantitative estimate of drug-likeness (QED) is 0.138. The summed E-state index contributed by atoms with van der Waals surface area (Å²) in [4.78, 5) is 14.9. The molecular formula is C41H66O13. The van der Waals surface area contributed by atoms with Crippen molar-refractivity contribution >= 4 is 5.97 Å². The molecule has 0 bridgehead atoms. The average Bonchev–Trinajstić information content (AvgIpc) is 3.42. The molecule has 0 aromatic rings. The average molecular weight is 767 g/mol. The van der Waals surface area contributed by atoms with E-state index < -0.39 is 91.4 Å². The van der Waals surface area contributed by atoms with Crippen LogP contribution in [0.4, 0.5) is 0 Å². The lowest BCUT2D eigenvalue weighted by molar-refractivity contribution is -0.331. The van der Waals surface area contributed by atoms with Gasteiger partial charge in [-0.3, -0.25) is 4.79 Å². The number of hydrogen-bond acceptors (Lipinski definition) is 13. The molecular weight excluding hydrogens is 700 g/mol. The summed E-state index contributed by atoms with van der Waals surface area (Å²) >= 11 is 0. The number of hydrogen-bond donors (Lipinski definition) is 8. The monoisotopic (exact) mass is 766 g/mol. The standard InChI is InChI=1S/C41H66O13/c1-35(2)13-15-40(34(49)54-32-30(29(47)28(46)24(18-42)52-32)53-33-31(48)41(50,20-44)21-51-33)16-14-38(5)22(23(40)17-35)7-8-26-36(3)11-10-27(45)37(4,19-43)25(36)9-12-39(26,38)6/h7,23-33,42-48,50H,8-21H2,1-6H3. The molecule has 17 atom stereocenters. The van der Waals surface area contributed by atoms with Crippen LogP contribution in [-0.2, 0) is 23.7 Å². The van der Waals surface area contributed by atoms with Crippen LogP contribution in [0.15, 0.2) is 11.6 Å². The van der Waals surface area contributed by atoms with E-state index in [0.717, 1.165) is 44.9 Å². The molecule has 6 fully saturated rings. The first kappa shape index (κ1) is 40.9. The van der Waals surface area contributed by atoms with Gasteiger partial charge in [-0.2, -0.15) is 0 Å². The second-order valence-electron chi connectivity index (χ2n) is 20.2. The normalized spacial score (nSPS) is 54.0. The first-order chi connectivity index (χ1) is 25.2. The van der Waals surface area contributed by atoms with Crippen LogP contribution >= 0.6 is 0 Å². The third-order valence-corrected chi connectivity index (χ3v) is 17.1. The molecule has 0 spiro atoms. The van der Waals surface area contributed by atoms with Gasteiger partial charge < -0.3 is 59.8 Å². The molecule has 2 heterocycles. The van der Waals surface area contributed by atoms with E-state index in [1.165, 1.54) is 5.57 Å². The summed E-state index contributed by atoms with van der Waals surface area (Å²) in [7, 11) is 0. The van der Waals surface area contributed by atoms with E-state index in [1.54, 1.807) is 0 Å². The van der Waals surface area contributed by atoms with E-state index in [0.29, 0.717) is 25.2 Å². The molecule has 13 heteroatoms. The maximum absolute atomic E-state index is 14.9. The van der Waals surface area contributed by atoms with E-state index in [1.807, 2.05) is 0 Å². The Hall–Kier alpha value is -1.23. The largest absolute Gasteiger partial charge is 0.432 e. The first-order valence-corrected chi connectivity index (χ1v) is 20.3. The minimum Gasteiger partial charge on any atom is -0.432 e. The predicted octanol–water partition coefficient (Wildman–Crippen LogP) is 1.93. The molecule has 308 valence electrons. The fourth-order valence-electron chi connectivity index (χ4n) is 13.2. The van der Waals surface area contributed by atoms with Crippen LogP contribution in [0.3, 0.4) is 0 Å². The number of esters is 1. The molecule has 8 N–H and O–H groups in total. The Bertz CT molecular complexity index is 1470. The van der Waals surface area contributed by atoms with Crippen LogP contribution in [0.1, 0.15) is 106 Å². The molecule has 0 radical (unpaired) electrons. The zero-order valence-electron chi connectivity index (χ0n) is 32.9. The second kappa shape index (κ2) is 13.7. The lowest BCUT2D eigenvalue weighted by atomic mass is 9.33. The van der Waals surface area contributed by atoms with Crippen LogP contribution in [0, 0.1) is 50.2 Å². The Morgan fingerprint density at radius 3 is 2.20 bits per heavy atom. The molecule has 13 nitrogen and oxygen atoms in total. The summed E-state index contributed by atoms with van der Waals surface area (Å²) in [5.41, 5.74) is -2.61. The fraction of sp³-hybridized carbons (Fsp3) is 0.927. The third kappa shape index (κ3) is 5.76. The first-order valence-electron chi connectivity index (χ1n) is 20.3. The van der Waals surface area contributed by atoms with Crippen LogP contribution < -0.4 is 0 Å². The van der Waals surface area contributed by atoms with Crippen molar-refractivity contribution in [2.45, 2.75) is 161 Å². The van der Waals surface area contributed by atoms with Gasteiger partial charge in [0.25, 0.3) is 0 Å². The maximum atomic E-state index is 14.9. The molecule has 7 aliphatic rings. The summed E-state index contributed by atoms with van der Waals surface area (Å²) < 4.78 is 23.4. The van der Waals surface area contributed by atoms with Gasteiger partial charge in [-0.25, -0.2) is 0 Å². The molecule has 17 unspecified atom stereocenters. The van der Waals surface area contributed by atoms with Crippen molar-refractivity contribution in [1.29, 1.82) is 0 Å². The number of ether oxygens (including phenoxy) is 4. The molecule has 0 aromatic carbocycles. The Balaban J connectivity index is 1.21. The summed E-state index contributed by atoms with van der Waals surface area (Å²) in [6.45, 7) is 11.8. The van der Waals surface area contributed by atoms with Crippen molar-refractivity contribution in [3.63, 3.8) is 0 Å². The predicted molar refractivity (Wildman–Crippen MR) is 193 cm³/mol. The van der Waals surface area contributed by atoms with Gasteiger partial charge in [0, 0.05) is 5.41 Å². The summed E-state index contributed by atoms with van der Waals surface area (Å²) in [5.74, 6) is -0.122. The highest BCUT2D eigenvalue weighted by atomic mass is 16.8. The Labute approximate surface area is 319 Å². The number of allylic oxidation sites excluding steroid dienone is 2. The van der Waals surface area contributed by atoms with Crippen LogP contribution in [-0.4, -0.2) is 128 Å². The number of aliphatic hydroxyl groups excluding tert-OH is 7. The molecule has 2 aliphatic heterocycles.